The van der Waals surface area contributed by atoms with Gasteiger partial charge in [-0.15, -0.1) is 0 Å². The van der Waals surface area contributed by atoms with E-state index in [-0.39, 0.29) is 5.78 Å². The smallest absolute Gasteiger partial charge is 0.164 e. The summed E-state index contributed by atoms with van der Waals surface area (Å²) in [5.74, 6) is 0.730. The Bertz CT molecular complexity index is 445. The molecule has 1 aromatic rings. The molecule has 0 aromatic heterocycles. The number of ether oxygens (including phenoxy) is 1. The first-order chi connectivity index (χ1) is 7.86. The summed E-state index contributed by atoms with van der Waals surface area (Å²) in [5.41, 5.74) is 3.20. The molecule has 1 heterocycles. The Balaban J connectivity index is 2.07. The van der Waals surface area contributed by atoms with Crippen LogP contribution in [-0.4, -0.2) is 19.0 Å². The van der Waals surface area contributed by atoms with Crippen LogP contribution >= 0.6 is 0 Å². The minimum Gasteiger partial charge on any atom is -0.377 e. The zero-order chi connectivity index (χ0) is 11.0. The van der Waals surface area contributed by atoms with E-state index in [2.05, 4.69) is 0 Å². The average molecular weight is 214 g/mol. The minimum absolute atomic E-state index is 0.289. The summed E-state index contributed by atoms with van der Waals surface area (Å²) >= 11 is 0. The van der Waals surface area contributed by atoms with Crippen LogP contribution < -0.4 is 0 Å². The van der Waals surface area contributed by atoms with E-state index in [1.807, 2.05) is 30.3 Å². The summed E-state index contributed by atoms with van der Waals surface area (Å²) in [6.07, 6.45) is 1.68. The fourth-order valence-corrected chi connectivity index (χ4v) is 2.66. The van der Waals surface area contributed by atoms with Crippen molar-refractivity contribution in [3.63, 3.8) is 0 Å². The normalized spacial score (nSPS) is 24.8. The lowest BCUT2D eigenvalue weighted by molar-refractivity contribution is -0.113. The molecule has 1 aromatic carbocycles. The number of hydrogen-bond acceptors (Lipinski definition) is 2. The van der Waals surface area contributed by atoms with Crippen molar-refractivity contribution in [3.8, 4) is 0 Å². The molecule has 16 heavy (non-hydrogen) atoms. The fourth-order valence-electron chi connectivity index (χ4n) is 2.66. The molecule has 82 valence electrons. The Morgan fingerprint density at radius 2 is 2.00 bits per heavy atom. The van der Waals surface area contributed by atoms with E-state index in [0.29, 0.717) is 18.9 Å². The van der Waals surface area contributed by atoms with Gasteiger partial charge in [-0.2, -0.15) is 0 Å². The first-order valence-corrected chi connectivity index (χ1v) is 5.75. The molecule has 2 aliphatic rings. The highest BCUT2D eigenvalue weighted by Gasteiger charge is 2.34. The van der Waals surface area contributed by atoms with Crippen molar-refractivity contribution in [2.45, 2.75) is 12.8 Å². The number of carbonyl (C=O) groups is 1. The molecule has 0 radical (unpaired) electrons. The molecular weight excluding hydrogens is 200 g/mol. The van der Waals surface area contributed by atoms with Gasteiger partial charge in [0.1, 0.15) is 0 Å². The van der Waals surface area contributed by atoms with Gasteiger partial charge in [-0.25, -0.2) is 0 Å². The molecule has 1 atom stereocenters. The highest BCUT2D eigenvalue weighted by atomic mass is 16.5. The molecule has 1 saturated heterocycles. The lowest BCUT2D eigenvalue weighted by Crippen LogP contribution is -2.16. The number of hydrogen-bond donors (Lipinski definition) is 0. The van der Waals surface area contributed by atoms with Crippen molar-refractivity contribution in [2.24, 2.45) is 5.92 Å². The van der Waals surface area contributed by atoms with Crippen LogP contribution in [0, 0.1) is 5.92 Å². The molecule has 0 spiro atoms. The van der Waals surface area contributed by atoms with Crippen molar-refractivity contribution in [3.05, 3.63) is 41.5 Å². The second-order valence-corrected chi connectivity index (χ2v) is 4.43. The minimum atomic E-state index is 0.289. The number of Topliss-reactive ketones (excluding diaryl/α,β-unsaturated/α-hetero) is 1. The van der Waals surface area contributed by atoms with E-state index >= 15 is 0 Å². The molecule has 1 aliphatic heterocycles. The molecule has 2 heteroatoms. The lowest BCUT2D eigenvalue weighted by Gasteiger charge is -2.20. The van der Waals surface area contributed by atoms with Gasteiger partial charge in [0.25, 0.3) is 0 Å². The lowest BCUT2D eigenvalue weighted by atomic mass is 9.94. The summed E-state index contributed by atoms with van der Waals surface area (Å²) < 4.78 is 5.47. The van der Waals surface area contributed by atoms with Gasteiger partial charge in [0.15, 0.2) is 5.78 Å². The maximum atomic E-state index is 12.0. The number of benzene rings is 1. The third-order valence-corrected chi connectivity index (χ3v) is 3.46. The molecule has 1 aliphatic carbocycles. The van der Waals surface area contributed by atoms with Gasteiger partial charge in [-0.3, -0.25) is 4.79 Å². The van der Waals surface area contributed by atoms with Gasteiger partial charge >= 0.3 is 0 Å². The maximum Gasteiger partial charge on any atom is 0.164 e. The number of fused-ring (bicyclic) bond motifs is 1. The van der Waals surface area contributed by atoms with Crippen LogP contribution in [0.4, 0.5) is 0 Å². The van der Waals surface area contributed by atoms with Crippen LogP contribution in [0.25, 0.3) is 5.57 Å². The van der Waals surface area contributed by atoms with Crippen LogP contribution in [0.1, 0.15) is 18.4 Å². The first kappa shape index (κ1) is 9.79. The Morgan fingerprint density at radius 3 is 2.81 bits per heavy atom. The van der Waals surface area contributed by atoms with Crippen molar-refractivity contribution in [1.82, 2.24) is 0 Å². The quantitative estimate of drug-likeness (QED) is 0.717. The molecule has 3 rings (SSSR count). The standard InChI is InChI=1S/C14H14O2/c15-13-8-11-6-7-16-9-12(11)14(13)10-4-2-1-3-5-10/h1-5,11H,6-9H2. The van der Waals surface area contributed by atoms with E-state index in [1.54, 1.807) is 0 Å². The molecular formula is C14H14O2. The van der Waals surface area contributed by atoms with Gasteiger partial charge in [0, 0.05) is 18.6 Å². The summed E-state index contributed by atoms with van der Waals surface area (Å²) in [6, 6.07) is 9.96. The summed E-state index contributed by atoms with van der Waals surface area (Å²) in [7, 11) is 0. The molecule has 0 bridgehead atoms. The predicted octanol–water partition coefficient (Wildman–Crippen LogP) is 2.45. The topological polar surface area (TPSA) is 26.3 Å². The van der Waals surface area contributed by atoms with Gasteiger partial charge in [0.2, 0.25) is 0 Å². The largest absolute Gasteiger partial charge is 0.377 e. The molecule has 0 amide bonds. The molecule has 1 unspecified atom stereocenters. The van der Waals surface area contributed by atoms with Crippen molar-refractivity contribution < 1.29 is 9.53 Å². The van der Waals surface area contributed by atoms with Crippen LogP contribution in [0.2, 0.25) is 0 Å². The second kappa shape index (κ2) is 3.87. The van der Waals surface area contributed by atoms with Gasteiger partial charge in [0.05, 0.1) is 6.61 Å². The number of allylic oxidation sites excluding steroid dienone is 1. The zero-order valence-electron chi connectivity index (χ0n) is 9.11. The third kappa shape index (κ3) is 1.50. The van der Waals surface area contributed by atoms with Crippen molar-refractivity contribution in [1.29, 1.82) is 0 Å². The van der Waals surface area contributed by atoms with Crippen LogP contribution in [-0.2, 0) is 9.53 Å². The van der Waals surface area contributed by atoms with E-state index in [4.69, 9.17) is 4.74 Å². The van der Waals surface area contributed by atoms with Crippen LogP contribution in [0.5, 0.6) is 0 Å². The first-order valence-electron chi connectivity index (χ1n) is 5.75. The highest BCUT2D eigenvalue weighted by Crippen LogP contribution is 2.39. The SMILES string of the molecule is O=C1CC2CCOCC2=C1c1ccccc1. The third-order valence-electron chi connectivity index (χ3n) is 3.46. The van der Waals surface area contributed by atoms with E-state index in [0.717, 1.165) is 24.2 Å². The van der Waals surface area contributed by atoms with Crippen LogP contribution in [0.3, 0.4) is 0 Å². The number of carbonyl (C=O) groups excluding carboxylic acids is 1. The average Bonchev–Trinajstić information content (AvgIpc) is 2.66. The Morgan fingerprint density at radius 1 is 1.19 bits per heavy atom. The van der Waals surface area contributed by atoms with Crippen LogP contribution in [0.15, 0.2) is 35.9 Å². The van der Waals surface area contributed by atoms with Crippen molar-refractivity contribution in [2.75, 3.05) is 13.2 Å². The summed E-state index contributed by atoms with van der Waals surface area (Å²) in [6.45, 7) is 1.43. The van der Waals surface area contributed by atoms with Crippen molar-refractivity contribution >= 4 is 11.4 Å². The summed E-state index contributed by atoms with van der Waals surface area (Å²) in [4.78, 5) is 12.0. The summed E-state index contributed by atoms with van der Waals surface area (Å²) in [5, 5.41) is 0. The Hall–Kier alpha value is -1.41. The Labute approximate surface area is 94.9 Å². The van der Waals surface area contributed by atoms with Gasteiger partial charge in [-0.05, 0) is 23.5 Å². The molecule has 2 nitrogen and oxygen atoms in total. The maximum absolute atomic E-state index is 12.0. The molecule has 0 saturated carbocycles. The van der Waals surface area contributed by atoms with E-state index < -0.39 is 0 Å². The monoisotopic (exact) mass is 214 g/mol. The Kier molecular flexibility index (Phi) is 2.37. The van der Waals surface area contributed by atoms with Gasteiger partial charge in [-0.1, -0.05) is 30.3 Å². The zero-order valence-corrected chi connectivity index (χ0v) is 9.11. The van der Waals surface area contributed by atoms with E-state index in [1.165, 1.54) is 5.57 Å². The van der Waals surface area contributed by atoms with E-state index in [9.17, 15) is 4.79 Å². The highest BCUT2D eigenvalue weighted by molar-refractivity contribution is 6.24. The second-order valence-electron chi connectivity index (χ2n) is 4.43. The fraction of sp³-hybridized carbons (Fsp3) is 0.357. The number of rotatable bonds is 1. The molecule has 1 fully saturated rings. The predicted molar refractivity (Wildman–Crippen MR) is 61.9 cm³/mol. The van der Waals surface area contributed by atoms with Gasteiger partial charge < -0.3 is 4.74 Å². The number of ketones is 1. The molecule has 0 N–H and O–H groups in total.